The minimum atomic E-state index is -0.279. The fraction of sp³-hybridized carbons (Fsp3) is 0.294. The summed E-state index contributed by atoms with van der Waals surface area (Å²) in [5.74, 6) is 0.513. The van der Waals surface area contributed by atoms with Gasteiger partial charge in [0.15, 0.2) is 5.52 Å². The van der Waals surface area contributed by atoms with Crippen LogP contribution in [0.4, 0.5) is 5.82 Å². The maximum atomic E-state index is 13.0. The number of pyridine rings is 2. The predicted octanol–water partition coefficient (Wildman–Crippen LogP) is 1.08. The number of likely N-dealkylation sites (N-methyl/N-ethyl adjacent to an activating group) is 1. The van der Waals surface area contributed by atoms with Gasteiger partial charge in [0.1, 0.15) is 26.2 Å². The van der Waals surface area contributed by atoms with Crippen molar-refractivity contribution in [2.75, 3.05) is 38.1 Å². The molecule has 2 aromatic heterocycles. The van der Waals surface area contributed by atoms with E-state index in [1.165, 1.54) is 0 Å². The number of hydroxylamine groups is 3. The van der Waals surface area contributed by atoms with Gasteiger partial charge in [0, 0.05) is 11.5 Å². The Kier molecular flexibility index (Phi) is 3.22. The molecule has 0 bridgehead atoms. The Morgan fingerprint density at radius 1 is 1.12 bits per heavy atom. The van der Waals surface area contributed by atoms with Gasteiger partial charge in [0.2, 0.25) is 0 Å². The summed E-state index contributed by atoms with van der Waals surface area (Å²) in [5.41, 5.74) is 0.759. The first-order valence-electron chi connectivity index (χ1n) is 7.94. The van der Waals surface area contributed by atoms with Gasteiger partial charge in [-0.2, -0.15) is 0 Å². The van der Waals surface area contributed by atoms with Crippen molar-refractivity contribution < 1.29 is 9.38 Å². The van der Waals surface area contributed by atoms with E-state index in [4.69, 9.17) is 0 Å². The van der Waals surface area contributed by atoms with Gasteiger partial charge in [-0.05, 0) is 18.2 Å². The van der Waals surface area contributed by atoms with Crippen molar-refractivity contribution in [3.05, 3.63) is 57.2 Å². The first kappa shape index (κ1) is 14.9. The third kappa shape index (κ3) is 2.29. The standard InChI is InChI=1S/C17H18N4O3/c1-21(24)10-8-19(9-11-21)15-7-6-14-16(20(15)23)12-4-2-3-5-13(12)17(22)18-14/h2-7H,8-11H2,1H3,(H,18,22). The molecule has 24 heavy (non-hydrogen) atoms. The van der Waals surface area contributed by atoms with E-state index in [1.54, 1.807) is 37.4 Å². The average molecular weight is 326 g/mol. The number of rotatable bonds is 1. The molecule has 1 aliphatic rings. The number of benzene rings is 1. The number of nitrogens with zero attached hydrogens (tertiary/aromatic N) is 3. The van der Waals surface area contributed by atoms with Crippen LogP contribution in [0.3, 0.4) is 0 Å². The van der Waals surface area contributed by atoms with Gasteiger partial charge in [-0.1, -0.05) is 12.1 Å². The van der Waals surface area contributed by atoms with E-state index in [2.05, 4.69) is 4.98 Å². The van der Waals surface area contributed by atoms with Crippen molar-refractivity contribution in [3.63, 3.8) is 0 Å². The van der Waals surface area contributed by atoms with Crippen LogP contribution in [0.1, 0.15) is 0 Å². The van der Waals surface area contributed by atoms with Gasteiger partial charge in [0.05, 0.1) is 18.0 Å². The number of nitrogens with one attached hydrogen (secondary N) is 1. The van der Waals surface area contributed by atoms with Crippen LogP contribution >= 0.6 is 0 Å². The van der Waals surface area contributed by atoms with Gasteiger partial charge in [-0.3, -0.25) is 4.79 Å². The minimum absolute atomic E-state index is 0.205. The summed E-state index contributed by atoms with van der Waals surface area (Å²) < 4.78 is 0.591. The van der Waals surface area contributed by atoms with Crippen LogP contribution in [0.2, 0.25) is 0 Å². The molecule has 0 saturated carbocycles. The number of aromatic nitrogens is 2. The van der Waals surface area contributed by atoms with E-state index >= 15 is 0 Å². The van der Waals surface area contributed by atoms with E-state index in [9.17, 15) is 15.2 Å². The van der Waals surface area contributed by atoms with Crippen LogP contribution in [0, 0.1) is 10.4 Å². The van der Waals surface area contributed by atoms with Gasteiger partial charge in [-0.15, -0.1) is 0 Å². The van der Waals surface area contributed by atoms with E-state index in [1.807, 2.05) is 11.0 Å². The number of H-pyrrole nitrogens is 1. The predicted molar refractivity (Wildman–Crippen MR) is 92.5 cm³/mol. The van der Waals surface area contributed by atoms with E-state index in [0.717, 1.165) is 4.73 Å². The van der Waals surface area contributed by atoms with Crippen LogP contribution in [0.15, 0.2) is 41.2 Å². The zero-order valence-electron chi connectivity index (χ0n) is 13.4. The summed E-state index contributed by atoms with van der Waals surface area (Å²) in [4.78, 5) is 16.9. The normalized spacial score (nSPS) is 17.5. The molecule has 0 aliphatic carbocycles. The number of piperazine rings is 1. The molecule has 1 N–H and O–H groups in total. The average Bonchev–Trinajstić information content (AvgIpc) is 2.56. The molecule has 0 spiro atoms. The molecule has 0 radical (unpaired) electrons. The Morgan fingerprint density at radius 2 is 1.79 bits per heavy atom. The van der Waals surface area contributed by atoms with Gasteiger partial charge in [0.25, 0.3) is 11.4 Å². The van der Waals surface area contributed by atoms with Crippen molar-refractivity contribution >= 4 is 27.6 Å². The highest BCUT2D eigenvalue weighted by atomic mass is 16.5. The maximum Gasteiger partial charge on any atom is 0.280 e. The molecule has 0 atom stereocenters. The monoisotopic (exact) mass is 326 g/mol. The second kappa shape index (κ2) is 5.19. The lowest BCUT2D eigenvalue weighted by atomic mass is 10.1. The number of hydrogen-bond acceptors (Lipinski definition) is 4. The fourth-order valence-electron chi connectivity index (χ4n) is 3.31. The van der Waals surface area contributed by atoms with Crippen LogP contribution in [0.5, 0.6) is 0 Å². The summed E-state index contributed by atoms with van der Waals surface area (Å²) in [5, 5.41) is 26.1. The molecular formula is C17H18N4O3. The summed E-state index contributed by atoms with van der Waals surface area (Å²) in [6, 6.07) is 10.6. The maximum absolute atomic E-state index is 13.0. The van der Waals surface area contributed by atoms with Crippen molar-refractivity contribution in [2.45, 2.75) is 0 Å². The quantitative estimate of drug-likeness (QED) is 0.314. The molecule has 1 aliphatic heterocycles. The van der Waals surface area contributed by atoms with E-state index in [0.29, 0.717) is 53.8 Å². The number of hydrogen-bond donors (Lipinski definition) is 1. The summed E-state index contributed by atoms with van der Waals surface area (Å²) in [7, 11) is 1.65. The van der Waals surface area contributed by atoms with Crippen molar-refractivity contribution in [1.29, 1.82) is 0 Å². The highest BCUT2D eigenvalue weighted by Gasteiger charge is 2.28. The molecule has 7 nitrogen and oxygen atoms in total. The highest BCUT2D eigenvalue weighted by Crippen LogP contribution is 2.22. The SMILES string of the molecule is C[N+]1([O-])CCN(c2ccc3[nH]c(=O)c4ccccc4c3[n+]2[O-])CC1. The Morgan fingerprint density at radius 3 is 2.50 bits per heavy atom. The van der Waals surface area contributed by atoms with E-state index in [-0.39, 0.29) is 10.2 Å². The zero-order chi connectivity index (χ0) is 16.9. The highest BCUT2D eigenvalue weighted by molar-refractivity contribution is 6.01. The molecule has 3 heterocycles. The number of anilines is 1. The van der Waals surface area contributed by atoms with Crippen molar-refractivity contribution in [1.82, 2.24) is 4.98 Å². The molecule has 124 valence electrons. The van der Waals surface area contributed by atoms with Gasteiger partial charge in [-0.25, -0.2) is 9.63 Å². The lowest BCUT2D eigenvalue weighted by Crippen LogP contribution is -2.56. The zero-order valence-corrected chi connectivity index (χ0v) is 13.4. The lowest BCUT2D eigenvalue weighted by Gasteiger charge is -2.43. The molecule has 4 rings (SSSR count). The summed E-state index contributed by atoms with van der Waals surface area (Å²) in [6.45, 7) is 1.97. The topological polar surface area (TPSA) is 86.1 Å². The second-order valence-electron chi connectivity index (χ2n) is 6.48. The minimum Gasteiger partial charge on any atom is -0.710 e. The third-order valence-electron chi connectivity index (χ3n) is 4.75. The first-order valence-corrected chi connectivity index (χ1v) is 7.94. The summed E-state index contributed by atoms with van der Waals surface area (Å²) >= 11 is 0. The Labute approximate surface area is 138 Å². The largest absolute Gasteiger partial charge is 0.710 e. The molecule has 1 saturated heterocycles. The summed E-state index contributed by atoms with van der Waals surface area (Å²) in [6.07, 6.45) is 0. The van der Waals surface area contributed by atoms with Crippen LogP contribution in [-0.4, -0.2) is 42.9 Å². The molecule has 7 heteroatoms. The Bertz CT molecular complexity index is 986. The molecule has 0 amide bonds. The van der Waals surface area contributed by atoms with Crippen LogP contribution in [0.25, 0.3) is 21.8 Å². The lowest BCUT2D eigenvalue weighted by molar-refractivity contribution is -0.861. The van der Waals surface area contributed by atoms with Gasteiger partial charge >= 0.3 is 0 Å². The molecule has 1 fully saturated rings. The molecule has 1 aromatic carbocycles. The Hall–Kier alpha value is -2.64. The molecule has 0 unspecified atom stereocenters. The van der Waals surface area contributed by atoms with E-state index < -0.39 is 0 Å². The molecule has 3 aromatic rings. The van der Waals surface area contributed by atoms with Crippen LogP contribution < -0.4 is 15.2 Å². The first-order chi connectivity index (χ1) is 11.5. The van der Waals surface area contributed by atoms with Gasteiger partial charge < -0.3 is 20.0 Å². The van der Waals surface area contributed by atoms with Crippen molar-refractivity contribution in [2.24, 2.45) is 0 Å². The second-order valence-corrected chi connectivity index (χ2v) is 6.48. The number of aromatic amines is 1. The van der Waals surface area contributed by atoms with Crippen molar-refractivity contribution in [3.8, 4) is 0 Å². The smallest absolute Gasteiger partial charge is 0.280 e. The number of quaternary nitrogens is 1. The Balaban J connectivity index is 1.90. The van der Waals surface area contributed by atoms with Crippen LogP contribution in [-0.2, 0) is 0 Å². The fourth-order valence-corrected chi connectivity index (χ4v) is 3.31. The third-order valence-corrected chi connectivity index (χ3v) is 4.75. The number of fused-ring (bicyclic) bond motifs is 3. The molecular weight excluding hydrogens is 308 g/mol.